The highest BCUT2D eigenvalue weighted by Gasteiger charge is 2.18. The number of amides is 1. The van der Waals surface area contributed by atoms with Crippen LogP contribution >= 0.6 is 27.5 Å². The van der Waals surface area contributed by atoms with Crippen LogP contribution in [0.1, 0.15) is 24.2 Å². The molecule has 0 aliphatic heterocycles. The van der Waals surface area contributed by atoms with Crippen molar-refractivity contribution in [3.05, 3.63) is 33.3 Å². The molecule has 1 rings (SSSR count). The molecule has 0 heterocycles. The summed E-state index contributed by atoms with van der Waals surface area (Å²) in [4.78, 5) is 11.9. The molecule has 0 saturated heterocycles. The monoisotopic (exact) mass is 319 g/mol. The average Bonchev–Trinajstić information content (AvgIpc) is 2.26. The summed E-state index contributed by atoms with van der Waals surface area (Å²) in [7, 11) is 0. The summed E-state index contributed by atoms with van der Waals surface area (Å²) in [6, 6.07) is 5.00. The van der Waals surface area contributed by atoms with E-state index in [1.807, 2.05) is 13.8 Å². The van der Waals surface area contributed by atoms with Gasteiger partial charge in [0.25, 0.3) is 5.91 Å². The van der Waals surface area contributed by atoms with Crippen LogP contribution < -0.4 is 5.32 Å². The predicted molar refractivity (Wildman–Crippen MR) is 72.4 cm³/mol. The number of nitrogens with one attached hydrogen (secondary N) is 1. The van der Waals surface area contributed by atoms with Gasteiger partial charge in [-0.05, 0) is 34.1 Å². The zero-order chi connectivity index (χ0) is 13.1. The van der Waals surface area contributed by atoms with Crippen LogP contribution in [0.4, 0.5) is 0 Å². The summed E-state index contributed by atoms with van der Waals surface area (Å²) in [6.45, 7) is 4.20. The SMILES string of the molecule is CC(C)(CO)CNC(=O)c1ccc(Cl)cc1Br. The topological polar surface area (TPSA) is 49.3 Å². The van der Waals surface area contributed by atoms with E-state index >= 15 is 0 Å². The molecule has 5 heteroatoms. The Morgan fingerprint density at radius 2 is 2.18 bits per heavy atom. The van der Waals surface area contributed by atoms with Crippen molar-refractivity contribution in [3.63, 3.8) is 0 Å². The molecule has 0 bridgehead atoms. The molecule has 0 saturated carbocycles. The molecule has 0 aliphatic carbocycles. The van der Waals surface area contributed by atoms with Crippen LogP contribution in [-0.2, 0) is 0 Å². The molecule has 0 fully saturated rings. The quantitative estimate of drug-likeness (QED) is 0.896. The number of carbonyl (C=O) groups is 1. The second-order valence-corrected chi connectivity index (χ2v) is 5.92. The Labute approximate surface area is 114 Å². The van der Waals surface area contributed by atoms with Crippen molar-refractivity contribution in [2.75, 3.05) is 13.2 Å². The highest BCUT2D eigenvalue weighted by Crippen LogP contribution is 2.21. The van der Waals surface area contributed by atoms with E-state index in [1.54, 1.807) is 18.2 Å². The van der Waals surface area contributed by atoms with Crippen molar-refractivity contribution in [1.29, 1.82) is 0 Å². The van der Waals surface area contributed by atoms with Gasteiger partial charge in [-0.15, -0.1) is 0 Å². The van der Waals surface area contributed by atoms with Crippen LogP contribution in [0.25, 0.3) is 0 Å². The lowest BCUT2D eigenvalue weighted by Gasteiger charge is -2.22. The molecule has 1 amide bonds. The lowest BCUT2D eigenvalue weighted by molar-refractivity contribution is 0.0910. The van der Waals surface area contributed by atoms with Crippen LogP contribution in [0.5, 0.6) is 0 Å². The first-order valence-corrected chi connectivity index (χ1v) is 6.37. The lowest BCUT2D eigenvalue weighted by Crippen LogP contribution is -2.36. The number of aliphatic hydroxyl groups excluding tert-OH is 1. The Bertz CT molecular complexity index is 421. The molecular weight excluding hydrogens is 305 g/mol. The second-order valence-electron chi connectivity index (χ2n) is 4.63. The van der Waals surface area contributed by atoms with Gasteiger partial charge in [0.1, 0.15) is 0 Å². The molecule has 3 nitrogen and oxygen atoms in total. The molecule has 0 unspecified atom stereocenters. The van der Waals surface area contributed by atoms with Gasteiger partial charge in [0, 0.05) is 28.1 Å². The highest BCUT2D eigenvalue weighted by atomic mass is 79.9. The Kier molecular flexibility index (Phi) is 4.98. The summed E-state index contributed by atoms with van der Waals surface area (Å²) in [6.07, 6.45) is 0. The van der Waals surface area contributed by atoms with Gasteiger partial charge in [0.05, 0.1) is 5.56 Å². The van der Waals surface area contributed by atoms with E-state index in [2.05, 4.69) is 21.2 Å². The zero-order valence-electron chi connectivity index (χ0n) is 9.76. The Balaban J connectivity index is 2.71. The third-order valence-electron chi connectivity index (χ3n) is 2.33. The Hall–Kier alpha value is -0.580. The van der Waals surface area contributed by atoms with Crippen LogP contribution in [0.15, 0.2) is 22.7 Å². The van der Waals surface area contributed by atoms with E-state index in [0.717, 1.165) is 0 Å². The average molecular weight is 321 g/mol. The number of benzene rings is 1. The summed E-state index contributed by atoms with van der Waals surface area (Å²) < 4.78 is 0.657. The number of hydrogen-bond donors (Lipinski definition) is 2. The van der Waals surface area contributed by atoms with Gasteiger partial charge in [-0.25, -0.2) is 0 Å². The minimum atomic E-state index is -0.325. The van der Waals surface area contributed by atoms with E-state index in [-0.39, 0.29) is 17.9 Å². The first kappa shape index (κ1) is 14.5. The standard InChI is InChI=1S/C12H15BrClNO2/c1-12(2,7-16)6-15-11(17)9-4-3-8(14)5-10(9)13/h3-5,16H,6-7H2,1-2H3,(H,15,17). The molecule has 2 N–H and O–H groups in total. The Morgan fingerprint density at radius 3 is 2.71 bits per heavy atom. The van der Waals surface area contributed by atoms with E-state index < -0.39 is 0 Å². The van der Waals surface area contributed by atoms with Gasteiger partial charge < -0.3 is 10.4 Å². The molecule has 1 aromatic rings. The highest BCUT2D eigenvalue weighted by molar-refractivity contribution is 9.10. The number of halogens is 2. The maximum absolute atomic E-state index is 11.9. The minimum Gasteiger partial charge on any atom is -0.396 e. The van der Waals surface area contributed by atoms with Gasteiger partial charge >= 0.3 is 0 Å². The first-order valence-electron chi connectivity index (χ1n) is 5.20. The van der Waals surface area contributed by atoms with Crippen molar-refractivity contribution < 1.29 is 9.90 Å². The van der Waals surface area contributed by atoms with Gasteiger partial charge in [-0.3, -0.25) is 4.79 Å². The summed E-state index contributed by atoms with van der Waals surface area (Å²) in [5, 5.41) is 12.4. The first-order chi connectivity index (χ1) is 7.85. The zero-order valence-corrected chi connectivity index (χ0v) is 12.1. The number of aliphatic hydroxyl groups is 1. The molecule has 17 heavy (non-hydrogen) atoms. The van der Waals surface area contributed by atoms with Gasteiger partial charge in [0.15, 0.2) is 0 Å². The molecule has 94 valence electrons. The van der Waals surface area contributed by atoms with Crippen molar-refractivity contribution in [2.24, 2.45) is 5.41 Å². The fourth-order valence-electron chi connectivity index (χ4n) is 1.14. The van der Waals surface area contributed by atoms with Crippen molar-refractivity contribution in [3.8, 4) is 0 Å². The third kappa shape index (κ3) is 4.30. The fourth-order valence-corrected chi connectivity index (χ4v) is 2.01. The fraction of sp³-hybridized carbons (Fsp3) is 0.417. The summed E-state index contributed by atoms with van der Waals surface area (Å²) in [5.41, 5.74) is 0.206. The molecule has 0 spiro atoms. The van der Waals surface area contributed by atoms with Crippen LogP contribution in [0.2, 0.25) is 5.02 Å². The second kappa shape index (κ2) is 5.85. The van der Waals surface area contributed by atoms with Gasteiger partial charge in [0.2, 0.25) is 0 Å². The molecule has 0 atom stereocenters. The predicted octanol–water partition coefficient (Wildman–Crippen LogP) is 2.85. The van der Waals surface area contributed by atoms with Crippen LogP contribution in [0.3, 0.4) is 0 Å². The van der Waals surface area contributed by atoms with Crippen molar-refractivity contribution in [2.45, 2.75) is 13.8 Å². The van der Waals surface area contributed by atoms with E-state index in [9.17, 15) is 4.79 Å². The number of rotatable bonds is 4. The molecule has 0 radical (unpaired) electrons. The summed E-state index contributed by atoms with van der Waals surface area (Å²) in [5.74, 6) is -0.185. The van der Waals surface area contributed by atoms with Crippen molar-refractivity contribution >= 4 is 33.4 Å². The van der Waals surface area contributed by atoms with Crippen molar-refractivity contribution in [1.82, 2.24) is 5.32 Å². The molecule has 1 aromatic carbocycles. The van der Waals surface area contributed by atoms with E-state index in [4.69, 9.17) is 16.7 Å². The van der Waals surface area contributed by atoms with Gasteiger partial charge in [-0.1, -0.05) is 25.4 Å². The number of hydrogen-bond acceptors (Lipinski definition) is 2. The number of carbonyl (C=O) groups excluding carboxylic acids is 1. The molecule has 0 aliphatic rings. The normalized spacial score (nSPS) is 11.4. The molecular formula is C12H15BrClNO2. The van der Waals surface area contributed by atoms with Crippen LogP contribution in [-0.4, -0.2) is 24.2 Å². The largest absolute Gasteiger partial charge is 0.396 e. The third-order valence-corrected chi connectivity index (χ3v) is 3.22. The molecule has 0 aromatic heterocycles. The lowest BCUT2D eigenvalue weighted by atomic mass is 9.95. The smallest absolute Gasteiger partial charge is 0.252 e. The Morgan fingerprint density at radius 1 is 1.53 bits per heavy atom. The van der Waals surface area contributed by atoms with E-state index in [1.165, 1.54) is 0 Å². The summed E-state index contributed by atoms with van der Waals surface area (Å²) >= 11 is 9.09. The maximum Gasteiger partial charge on any atom is 0.252 e. The maximum atomic E-state index is 11.9. The van der Waals surface area contributed by atoms with Gasteiger partial charge in [-0.2, -0.15) is 0 Å². The van der Waals surface area contributed by atoms with Crippen LogP contribution in [0, 0.1) is 5.41 Å². The minimum absolute atomic E-state index is 0.0229. The van der Waals surface area contributed by atoms with E-state index in [0.29, 0.717) is 21.6 Å².